The Morgan fingerprint density at radius 3 is 2.96 bits per heavy atom. The zero-order chi connectivity index (χ0) is 19.3. The van der Waals surface area contributed by atoms with E-state index in [1.54, 1.807) is 17.7 Å². The van der Waals surface area contributed by atoms with Crippen LogP contribution in [-0.4, -0.2) is 46.1 Å². The molecule has 4 rings (SSSR count). The van der Waals surface area contributed by atoms with Crippen molar-refractivity contribution in [1.82, 2.24) is 25.3 Å². The molecule has 0 atom stereocenters. The number of aromatic amines is 2. The lowest BCUT2D eigenvalue weighted by Crippen LogP contribution is -2.32. The molecule has 1 aliphatic carbocycles. The van der Waals surface area contributed by atoms with Crippen LogP contribution in [0.25, 0.3) is 5.70 Å². The number of hydrogen-bond acceptors (Lipinski definition) is 6. The Hall–Kier alpha value is -2.71. The van der Waals surface area contributed by atoms with E-state index in [0.29, 0.717) is 11.8 Å². The third-order valence-electron chi connectivity index (χ3n) is 5.74. The SMILES string of the molecule is C=N/C(=C1/c2cc[nH]c2N=CN1N)[C@H]1CC[C@H](CNCCc2c[nH]cn2)CC1. The average molecular weight is 381 g/mol. The molecule has 1 saturated carbocycles. The molecule has 2 aliphatic rings. The summed E-state index contributed by atoms with van der Waals surface area (Å²) in [6.45, 7) is 5.86. The highest BCUT2D eigenvalue weighted by Crippen LogP contribution is 2.40. The van der Waals surface area contributed by atoms with Crippen LogP contribution in [0.5, 0.6) is 0 Å². The first-order chi connectivity index (χ1) is 13.8. The van der Waals surface area contributed by atoms with Gasteiger partial charge in [0.25, 0.3) is 0 Å². The van der Waals surface area contributed by atoms with Gasteiger partial charge in [-0.1, -0.05) is 0 Å². The van der Waals surface area contributed by atoms with Crippen molar-refractivity contribution in [2.24, 2.45) is 27.7 Å². The summed E-state index contributed by atoms with van der Waals surface area (Å²) in [7, 11) is 0. The van der Waals surface area contributed by atoms with Crippen LogP contribution in [0, 0.1) is 11.8 Å². The second-order valence-electron chi connectivity index (χ2n) is 7.52. The highest BCUT2D eigenvalue weighted by Gasteiger charge is 2.29. The quantitative estimate of drug-likeness (QED) is 0.336. The second-order valence-corrected chi connectivity index (χ2v) is 7.52. The first-order valence-electron chi connectivity index (χ1n) is 9.91. The standard InChI is InChI=1S/C20H28N8/c1-22-18(19-17-7-9-25-20(17)27-13-28(19)21)15-4-2-14(3-5-15)10-23-8-6-16-11-24-12-26-16/h7,9,11-15,23,25H,1-6,8,10,21H2,(H,24,26)/b19-18-/t14-,15-. The topological polar surface area (TPSA) is 110 Å². The molecule has 0 spiro atoms. The predicted octanol–water partition coefficient (Wildman–Crippen LogP) is 2.59. The van der Waals surface area contributed by atoms with Gasteiger partial charge in [0.2, 0.25) is 0 Å². The number of nitrogens with one attached hydrogen (secondary N) is 3. The molecule has 0 aromatic carbocycles. The van der Waals surface area contributed by atoms with Crippen LogP contribution < -0.4 is 11.2 Å². The van der Waals surface area contributed by atoms with Crippen molar-refractivity contribution in [3.05, 3.63) is 41.7 Å². The summed E-state index contributed by atoms with van der Waals surface area (Å²) in [5, 5.41) is 5.15. The maximum absolute atomic E-state index is 6.19. The molecule has 3 heterocycles. The fourth-order valence-electron chi connectivity index (χ4n) is 4.23. The minimum atomic E-state index is 0.383. The van der Waals surface area contributed by atoms with Gasteiger partial charge in [-0.3, -0.25) is 10.0 Å². The molecular formula is C20H28N8. The number of H-pyrrole nitrogens is 2. The summed E-state index contributed by atoms with van der Waals surface area (Å²) in [6.07, 6.45) is 12.7. The number of fused-ring (bicyclic) bond motifs is 1. The van der Waals surface area contributed by atoms with E-state index < -0.39 is 0 Å². The number of hydrogen-bond donors (Lipinski definition) is 4. The van der Waals surface area contributed by atoms with Crippen LogP contribution in [0.3, 0.4) is 0 Å². The van der Waals surface area contributed by atoms with Crippen molar-refractivity contribution < 1.29 is 0 Å². The van der Waals surface area contributed by atoms with Gasteiger partial charge in [0.15, 0.2) is 0 Å². The molecule has 2 aromatic rings. The summed E-state index contributed by atoms with van der Waals surface area (Å²) in [4.78, 5) is 19.1. The summed E-state index contributed by atoms with van der Waals surface area (Å²) in [5.74, 6) is 8.11. The Balaban J connectivity index is 1.33. The molecule has 2 aromatic heterocycles. The van der Waals surface area contributed by atoms with Gasteiger partial charge in [0, 0.05) is 36.8 Å². The minimum absolute atomic E-state index is 0.383. The van der Waals surface area contributed by atoms with E-state index in [1.165, 1.54) is 12.8 Å². The third-order valence-corrected chi connectivity index (χ3v) is 5.74. The van der Waals surface area contributed by atoms with Gasteiger partial charge in [0.05, 0.1) is 23.4 Å². The second kappa shape index (κ2) is 8.53. The predicted molar refractivity (Wildman–Crippen MR) is 112 cm³/mol. The van der Waals surface area contributed by atoms with Gasteiger partial charge >= 0.3 is 0 Å². The van der Waals surface area contributed by atoms with E-state index in [9.17, 15) is 0 Å². The zero-order valence-electron chi connectivity index (χ0n) is 16.1. The maximum Gasteiger partial charge on any atom is 0.141 e. The smallest absolute Gasteiger partial charge is 0.141 e. The lowest BCUT2D eigenvalue weighted by atomic mass is 9.79. The number of imidazole rings is 1. The van der Waals surface area contributed by atoms with Crippen LogP contribution in [-0.2, 0) is 6.42 Å². The molecule has 8 heteroatoms. The van der Waals surface area contributed by atoms with E-state index in [4.69, 9.17) is 5.84 Å². The lowest BCUT2D eigenvalue weighted by molar-refractivity contribution is 0.291. The fourth-order valence-corrected chi connectivity index (χ4v) is 4.23. The number of rotatable bonds is 7. The number of allylic oxidation sites excluding steroid dienone is 1. The first-order valence-corrected chi connectivity index (χ1v) is 9.91. The molecule has 0 amide bonds. The molecule has 1 fully saturated rings. The summed E-state index contributed by atoms with van der Waals surface area (Å²) in [6, 6.07) is 2.00. The number of nitrogens with zero attached hydrogens (tertiary/aromatic N) is 4. The van der Waals surface area contributed by atoms with E-state index in [1.807, 2.05) is 18.5 Å². The van der Waals surface area contributed by atoms with Crippen molar-refractivity contribution in [1.29, 1.82) is 0 Å². The molecule has 0 unspecified atom stereocenters. The molecule has 0 radical (unpaired) electrons. The van der Waals surface area contributed by atoms with Crippen molar-refractivity contribution in [3.8, 4) is 0 Å². The Kier molecular flexibility index (Phi) is 5.68. The molecule has 0 saturated heterocycles. The average Bonchev–Trinajstić information content (AvgIpc) is 3.40. The van der Waals surface area contributed by atoms with Crippen LogP contribution >= 0.6 is 0 Å². The van der Waals surface area contributed by atoms with Gasteiger partial charge in [-0.2, -0.15) is 0 Å². The third kappa shape index (κ3) is 3.93. The van der Waals surface area contributed by atoms with E-state index in [2.05, 4.69) is 37.0 Å². The van der Waals surface area contributed by atoms with Crippen molar-refractivity contribution in [2.45, 2.75) is 32.1 Å². The Labute approximate surface area is 165 Å². The monoisotopic (exact) mass is 380 g/mol. The highest BCUT2D eigenvalue weighted by atomic mass is 15.4. The first kappa shape index (κ1) is 18.6. The van der Waals surface area contributed by atoms with Crippen LogP contribution in [0.4, 0.5) is 5.82 Å². The highest BCUT2D eigenvalue weighted by molar-refractivity contribution is 5.87. The van der Waals surface area contributed by atoms with Crippen molar-refractivity contribution in [3.63, 3.8) is 0 Å². The molecule has 5 N–H and O–H groups in total. The van der Waals surface area contributed by atoms with Crippen LogP contribution in [0.2, 0.25) is 0 Å². The largest absolute Gasteiger partial charge is 0.351 e. The van der Waals surface area contributed by atoms with Gasteiger partial charge in [0.1, 0.15) is 12.2 Å². The Morgan fingerprint density at radius 2 is 2.21 bits per heavy atom. The van der Waals surface area contributed by atoms with Crippen LogP contribution in [0.1, 0.15) is 36.9 Å². The normalized spacial score (nSPS) is 23.5. The van der Waals surface area contributed by atoms with Crippen LogP contribution in [0.15, 0.2) is 40.5 Å². The molecular weight excluding hydrogens is 352 g/mol. The van der Waals surface area contributed by atoms with E-state index >= 15 is 0 Å². The zero-order valence-corrected chi connectivity index (χ0v) is 16.1. The number of aromatic nitrogens is 3. The van der Waals surface area contributed by atoms with Gasteiger partial charge in [-0.15, -0.1) is 0 Å². The van der Waals surface area contributed by atoms with E-state index in [0.717, 1.165) is 60.8 Å². The summed E-state index contributed by atoms with van der Waals surface area (Å²) >= 11 is 0. The Bertz CT molecular complexity index is 839. The molecule has 0 bridgehead atoms. The van der Waals surface area contributed by atoms with Gasteiger partial charge in [-0.25, -0.2) is 15.8 Å². The van der Waals surface area contributed by atoms with E-state index in [-0.39, 0.29) is 0 Å². The summed E-state index contributed by atoms with van der Waals surface area (Å²) < 4.78 is 0. The van der Waals surface area contributed by atoms with Crippen molar-refractivity contribution in [2.75, 3.05) is 13.1 Å². The molecule has 8 nitrogen and oxygen atoms in total. The number of hydrazine groups is 1. The Morgan fingerprint density at radius 1 is 1.36 bits per heavy atom. The lowest BCUT2D eigenvalue weighted by Gasteiger charge is -2.32. The molecule has 1 aliphatic heterocycles. The fraction of sp³-hybridized carbons (Fsp3) is 0.450. The molecule has 28 heavy (non-hydrogen) atoms. The number of nitrogens with two attached hydrogens (primary N) is 1. The van der Waals surface area contributed by atoms with Gasteiger partial charge < -0.3 is 15.3 Å². The summed E-state index contributed by atoms with van der Waals surface area (Å²) in [5.41, 5.74) is 4.01. The maximum atomic E-state index is 6.19. The number of aliphatic imine (C=N–C) groups is 2. The van der Waals surface area contributed by atoms with Gasteiger partial charge in [-0.05, 0) is 50.9 Å². The minimum Gasteiger partial charge on any atom is -0.351 e. The molecule has 148 valence electrons. The van der Waals surface area contributed by atoms with Crippen molar-refractivity contribution >= 4 is 24.6 Å².